The molecule has 1 nitrogen and oxygen atoms in total. The molecule has 1 aromatic heterocycles. The summed E-state index contributed by atoms with van der Waals surface area (Å²) >= 11 is 13.8. The molecule has 1 N–H and O–H groups in total. The molecule has 1 unspecified atom stereocenters. The summed E-state index contributed by atoms with van der Waals surface area (Å²) in [4.78, 5) is 1.22. The van der Waals surface area contributed by atoms with Gasteiger partial charge in [-0.2, -0.15) is 0 Å². The minimum absolute atomic E-state index is 0.159. The number of halogens is 2. The lowest BCUT2D eigenvalue weighted by atomic mass is 10.00. The van der Waals surface area contributed by atoms with E-state index in [9.17, 15) is 0 Å². The number of hydrogen-bond donors (Lipinski definition) is 1. The van der Waals surface area contributed by atoms with E-state index in [1.807, 2.05) is 18.2 Å². The predicted octanol–water partition coefficient (Wildman–Crippen LogP) is 5.06. The minimum Gasteiger partial charge on any atom is -0.306 e. The average Bonchev–Trinajstić information content (AvgIpc) is 2.77. The Morgan fingerprint density at radius 3 is 2.61 bits per heavy atom. The first-order chi connectivity index (χ1) is 8.63. The molecule has 2 rings (SSSR count). The Morgan fingerprint density at radius 2 is 2.00 bits per heavy atom. The van der Waals surface area contributed by atoms with E-state index in [0.717, 1.165) is 21.5 Å². The highest BCUT2D eigenvalue weighted by molar-refractivity contribution is 7.16. The van der Waals surface area contributed by atoms with Crippen molar-refractivity contribution in [2.75, 3.05) is 6.54 Å². The van der Waals surface area contributed by atoms with Crippen LogP contribution >= 0.6 is 34.5 Å². The zero-order valence-electron chi connectivity index (χ0n) is 10.3. The van der Waals surface area contributed by atoms with Crippen molar-refractivity contribution in [1.82, 2.24) is 5.32 Å². The van der Waals surface area contributed by atoms with Crippen LogP contribution in [0.15, 0.2) is 30.3 Å². The molecule has 1 aromatic carbocycles. The maximum Gasteiger partial charge on any atom is 0.0931 e. The van der Waals surface area contributed by atoms with Crippen LogP contribution in [0.4, 0.5) is 0 Å². The molecule has 18 heavy (non-hydrogen) atoms. The fraction of sp³-hybridized carbons (Fsp3) is 0.286. The molecule has 0 aliphatic heterocycles. The minimum atomic E-state index is 0.159. The Balaban J connectivity index is 2.44. The van der Waals surface area contributed by atoms with Gasteiger partial charge in [0.25, 0.3) is 0 Å². The van der Waals surface area contributed by atoms with Gasteiger partial charge in [0, 0.05) is 9.90 Å². The third-order valence-corrected chi connectivity index (χ3v) is 4.61. The van der Waals surface area contributed by atoms with Crippen molar-refractivity contribution in [3.05, 3.63) is 55.7 Å². The van der Waals surface area contributed by atoms with E-state index in [-0.39, 0.29) is 6.04 Å². The van der Waals surface area contributed by atoms with Crippen LogP contribution in [0.5, 0.6) is 0 Å². The summed E-state index contributed by atoms with van der Waals surface area (Å²) in [5.41, 5.74) is 2.33. The van der Waals surface area contributed by atoms with Gasteiger partial charge in [0.05, 0.1) is 10.4 Å². The normalized spacial score (nSPS) is 12.7. The smallest absolute Gasteiger partial charge is 0.0931 e. The standard InChI is InChI=1S/C14H15Cl2NS/c1-3-17-14(12-7-8-13(16)18-12)10-5-4-6-11(15)9(10)2/h4-8,14,17H,3H2,1-2H3. The Kier molecular flexibility index (Phi) is 4.68. The lowest BCUT2D eigenvalue weighted by Gasteiger charge is -2.19. The van der Waals surface area contributed by atoms with Gasteiger partial charge in [0.15, 0.2) is 0 Å². The van der Waals surface area contributed by atoms with Crippen LogP contribution in [0, 0.1) is 6.92 Å². The van der Waals surface area contributed by atoms with Gasteiger partial charge in [0.2, 0.25) is 0 Å². The summed E-state index contributed by atoms with van der Waals surface area (Å²) < 4.78 is 0.813. The summed E-state index contributed by atoms with van der Waals surface area (Å²) in [6, 6.07) is 10.2. The van der Waals surface area contributed by atoms with Crippen molar-refractivity contribution in [2.24, 2.45) is 0 Å². The number of rotatable bonds is 4. The molecule has 2 aromatic rings. The van der Waals surface area contributed by atoms with Crippen LogP contribution in [0.25, 0.3) is 0 Å². The molecular formula is C14H15Cl2NS. The Bertz CT molecular complexity index is 536. The summed E-state index contributed by atoms with van der Waals surface area (Å²) in [7, 11) is 0. The maximum atomic E-state index is 6.20. The molecule has 0 saturated carbocycles. The quantitative estimate of drug-likeness (QED) is 0.832. The van der Waals surface area contributed by atoms with Gasteiger partial charge >= 0.3 is 0 Å². The van der Waals surface area contributed by atoms with Gasteiger partial charge in [-0.3, -0.25) is 0 Å². The van der Waals surface area contributed by atoms with E-state index in [0.29, 0.717) is 0 Å². The van der Waals surface area contributed by atoms with Crippen LogP contribution < -0.4 is 5.32 Å². The van der Waals surface area contributed by atoms with E-state index in [1.165, 1.54) is 10.4 Å². The number of hydrogen-bond acceptors (Lipinski definition) is 2. The number of benzene rings is 1. The average molecular weight is 300 g/mol. The largest absolute Gasteiger partial charge is 0.306 e. The molecule has 0 bridgehead atoms. The zero-order valence-corrected chi connectivity index (χ0v) is 12.7. The van der Waals surface area contributed by atoms with Crippen LogP contribution in [0.2, 0.25) is 9.36 Å². The van der Waals surface area contributed by atoms with Gasteiger partial charge < -0.3 is 5.32 Å². The lowest BCUT2D eigenvalue weighted by molar-refractivity contribution is 0.637. The van der Waals surface area contributed by atoms with E-state index in [2.05, 4.69) is 31.3 Å². The summed E-state index contributed by atoms with van der Waals surface area (Å²) in [5.74, 6) is 0. The van der Waals surface area contributed by atoms with Crippen molar-refractivity contribution in [3.8, 4) is 0 Å². The van der Waals surface area contributed by atoms with Crippen LogP contribution in [0.1, 0.15) is 29.0 Å². The molecule has 0 aliphatic rings. The Labute approximate surface area is 122 Å². The third-order valence-electron chi connectivity index (χ3n) is 2.91. The fourth-order valence-corrected chi connectivity index (χ4v) is 3.33. The second kappa shape index (κ2) is 6.07. The van der Waals surface area contributed by atoms with Crippen molar-refractivity contribution in [1.29, 1.82) is 0 Å². The van der Waals surface area contributed by atoms with Crippen molar-refractivity contribution < 1.29 is 0 Å². The second-order valence-corrected chi connectivity index (χ2v) is 6.24. The Morgan fingerprint density at radius 1 is 1.22 bits per heavy atom. The molecule has 4 heteroatoms. The molecule has 0 saturated heterocycles. The summed E-state index contributed by atoms with van der Waals surface area (Å²) in [6.07, 6.45) is 0. The summed E-state index contributed by atoms with van der Waals surface area (Å²) in [6.45, 7) is 5.05. The van der Waals surface area contributed by atoms with Gasteiger partial charge in [0.1, 0.15) is 0 Å². The Hall–Kier alpha value is -0.540. The van der Waals surface area contributed by atoms with Crippen LogP contribution in [0.3, 0.4) is 0 Å². The van der Waals surface area contributed by atoms with E-state index in [1.54, 1.807) is 11.3 Å². The zero-order chi connectivity index (χ0) is 13.1. The second-order valence-electron chi connectivity index (χ2n) is 4.09. The first kappa shape index (κ1) is 13.9. The first-order valence-corrected chi connectivity index (χ1v) is 7.44. The maximum absolute atomic E-state index is 6.20. The lowest BCUT2D eigenvalue weighted by Crippen LogP contribution is -2.21. The monoisotopic (exact) mass is 299 g/mol. The van der Waals surface area contributed by atoms with Gasteiger partial charge in [-0.1, -0.05) is 42.3 Å². The molecule has 1 heterocycles. The third kappa shape index (κ3) is 2.89. The van der Waals surface area contributed by atoms with Crippen LogP contribution in [-0.4, -0.2) is 6.54 Å². The molecule has 1 atom stereocenters. The predicted molar refractivity (Wildman–Crippen MR) is 81.0 cm³/mol. The number of thiophene rings is 1. The van der Waals surface area contributed by atoms with Crippen LogP contribution in [-0.2, 0) is 0 Å². The van der Waals surface area contributed by atoms with Gasteiger partial charge in [-0.15, -0.1) is 11.3 Å². The van der Waals surface area contributed by atoms with Gasteiger partial charge in [-0.25, -0.2) is 0 Å². The topological polar surface area (TPSA) is 12.0 Å². The molecule has 0 spiro atoms. The SMILES string of the molecule is CCNC(c1ccc(Cl)s1)c1cccc(Cl)c1C. The molecule has 96 valence electrons. The van der Waals surface area contributed by atoms with E-state index in [4.69, 9.17) is 23.2 Å². The van der Waals surface area contributed by atoms with E-state index < -0.39 is 0 Å². The molecule has 0 fully saturated rings. The fourth-order valence-electron chi connectivity index (χ4n) is 1.99. The molecule has 0 aliphatic carbocycles. The highest BCUT2D eigenvalue weighted by Crippen LogP contribution is 2.34. The molecular weight excluding hydrogens is 285 g/mol. The number of nitrogens with one attached hydrogen (secondary N) is 1. The first-order valence-electron chi connectivity index (χ1n) is 5.87. The molecule has 0 radical (unpaired) electrons. The molecule has 0 amide bonds. The van der Waals surface area contributed by atoms with Crippen molar-refractivity contribution in [3.63, 3.8) is 0 Å². The highest BCUT2D eigenvalue weighted by Gasteiger charge is 2.17. The van der Waals surface area contributed by atoms with E-state index >= 15 is 0 Å². The summed E-state index contributed by atoms with van der Waals surface area (Å²) in [5, 5.41) is 4.29. The highest BCUT2D eigenvalue weighted by atomic mass is 35.5. The van der Waals surface area contributed by atoms with Gasteiger partial charge in [-0.05, 0) is 42.8 Å². The van der Waals surface area contributed by atoms with Crippen molar-refractivity contribution in [2.45, 2.75) is 19.9 Å². The van der Waals surface area contributed by atoms with Crippen molar-refractivity contribution >= 4 is 34.5 Å².